The van der Waals surface area contributed by atoms with Crippen molar-refractivity contribution >= 4 is 41.3 Å². The predicted octanol–water partition coefficient (Wildman–Crippen LogP) is 3.57. The Kier molecular flexibility index (Phi) is 7.73. The number of aliphatic imine (C=N–C) groups is 1. The number of halogens is 4. The van der Waals surface area contributed by atoms with E-state index < -0.39 is 6.36 Å². The number of guanidine groups is 1. The lowest BCUT2D eigenvalue weighted by molar-refractivity contribution is -0.274. The van der Waals surface area contributed by atoms with E-state index in [4.69, 9.17) is 5.73 Å². The maximum absolute atomic E-state index is 12.0. The average Bonchev–Trinajstić information content (AvgIpc) is 2.88. The van der Waals surface area contributed by atoms with Gasteiger partial charge in [0.05, 0.1) is 18.1 Å². The monoisotopic (exact) mass is 472 g/mol. The zero-order chi connectivity index (χ0) is 16.9. The molecule has 1 aromatic carbocycles. The van der Waals surface area contributed by atoms with Crippen LogP contribution in [0.4, 0.5) is 13.2 Å². The number of rotatable bonds is 5. The largest absolute Gasteiger partial charge is 0.573 e. The van der Waals surface area contributed by atoms with Gasteiger partial charge in [-0.15, -0.1) is 48.5 Å². The molecule has 2 aromatic rings. The molecule has 0 fully saturated rings. The Bertz CT molecular complexity index is 673. The van der Waals surface area contributed by atoms with Gasteiger partial charge in [0.1, 0.15) is 5.75 Å². The van der Waals surface area contributed by atoms with Crippen LogP contribution in [0.5, 0.6) is 5.75 Å². The molecule has 10 heteroatoms. The number of hydrogen-bond donors (Lipinski definition) is 2. The van der Waals surface area contributed by atoms with E-state index in [2.05, 4.69) is 20.0 Å². The van der Waals surface area contributed by atoms with Crippen LogP contribution >= 0.6 is 35.3 Å². The number of aromatic nitrogens is 1. The maximum Gasteiger partial charge on any atom is 0.573 e. The van der Waals surface area contributed by atoms with Gasteiger partial charge in [-0.2, -0.15) is 0 Å². The summed E-state index contributed by atoms with van der Waals surface area (Å²) in [7, 11) is 0. The van der Waals surface area contributed by atoms with Crippen molar-refractivity contribution in [2.24, 2.45) is 10.7 Å². The van der Waals surface area contributed by atoms with Gasteiger partial charge in [-0.25, -0.2) is 9.98 Å². The van der Waals surface area contributed by atoms with Gasteiger partial charge >= 0.3 is 6.36 Å². The van der Waals surface area contributed by atoms with Crippen LogP contribution in [0.2, 0.25) is 0 Å². The minimum Gasteiger partial charge on any atom is -0.406 e. The van der Waals surface area contributed by atoms with Crippen LogP contribution in [-0.4, -0.2) is 17.3 Å². The molecule has 2 rings (SSSR count). The van der Waals surface area contributed by atoms with Crippen LogP contribution in [0.25, 0.3) is 0 Å². The lowest BCUT2D eigenvalue weighted by Crippen LogP contribution is -2.30. The number of alkyl halides is 3. The molecule has 0 bridgehead atoms. The summed E-state index contributed by atoms with van der Waals surface area (Å²) in [5.41, 5.74) is 6.46. The predicted molar refractivity (Wildman–Crippen MR) is 97.6 cm³/mol. The highest BCUT2D eigenvalue weighted by molar-refractivity contribution is 14.0. The Balaban J connectivity index is 0.00000288. The first kappa shape index (κ1) is 20.5. The van der Waals surface area contributed by atoms with Gasteiger partial charge in [0.25, 0.3) is 0 Å². The van der Waals surface area contributed by atoms with E-state index in [0.717, 1.165) is 15.4 Å². The molecule has 0 aliphatic rings. The second-order valence-corrected chi connectivity index (χ2v) is 5.91. The molecule has 3 N–H and O–H groups in total. The molecule has 0 aliphatic heterocycles. The quantitative estimate of drug-likeness (QED) is 0.397. The van der Waals surface area contributed by atoms with Gasteiger partial charge < -0.3 is 15.8 Å². The van der Waals surface area contributed by atoms with Crippen LogP contribution in [0.15, 0.2) is 35.5 Å². The van der Waals surface area contributed by atoms with E-state index in [0.29, 0.717) is 6.54 Å². The van der Waals surface area contributed by atoms with E-state index in [1.165, 1.54) is 24.3 Å². The summed E-state index contributed by atoms with van der Waals surface area (Å²) in [5.74, 6) is -0.0106. The SMILES string of the molecule is Cc1ncc(CNC(N)=NCc2ccc(OC(F)(F)F)cc2)s1.I. The Morgan fingerprint density at radius 2 is 2.00 bits per heavy atom. The zero-order valence-corrected chi connectivity index (χ0v) is 15.8. The lowest BCUT2D eigenvalue weighted by atomic mass is 10.2. The van der Waals surface area contributed by atoms with Gasteiger partial charge in [0.2, 0.25) is 0 Å². The van der Waals surface area contributed by atoms with Crippen molar-refractivity contribution in [1.82, 2.24) is 10.3 Å². The molecule has 0 saturated carbocycles. The van der Waals surface area contributed by atoms with Crippen molar-refractivity contribution in [1.29, 1.82) is 0 Å². The van der Waals surface area contributed by atoms with Crippen molar-refractivity contribution in [3.05, 3.63) is 45.9 Å². The Morgan fingerprint density at radius 3 is 2.54 bits per heavy atom. The molecule has 24 heavy (non-hydrogen) atoms. The van der Waals surface area contributed by atoms with E-state index in [1.54, 1.807) is 17.5 Å². The summed E-state index contributed by atoms with van der Waals surface area (Å²) in [6, 6.07) is 5.49. The normalized spacial score (nSPS) is 11.8. The van der Waals surface area contributed by atoms with Crippen LogP contribution in [0, 0.1) is 6.92 Å². The highest BCUT2D eigenvalue weighted by Crippen LogP contribution is 2.22. The third-order valence-corrected chi connectivity index (χ3v) is 3.61. The molecule has 5 nitrogen and oxygen atoms in total. The van der Waals surface area contributed by atoms with E-state index in [1.807, 2.05) is 6.92 Å². The Labute approximate surface area is 158 Å². The fourth-order valence-electron chi connectivity index (χ4n) is 1.69. The second-order valence-electron chi connectivity index (χ2n) is 4.59. The molecular weight excluding hydrogens is 456 g/mol. The number of nitrogens with one attached hydrogen (secondary N) is 1. The van der Waals surface area contributed by atoms with E-state index >= 15 is 0 Å². The number of thiazole rings is 1. The van der Waals surface area contributed by atoms with Gasteiger partial charge in [0.15, 0.2) is 5.96 Å². The number of aryl methyl sites for hydroxylation is 1. The molecule has 1 aromatic heterocycles. The molecule has 0 atom stereocenters. The van der Waals surface area contributed by atoms with Crippen molar-refractivity contribution in [3.8, 4) is 5.75 Å². The van der Waals surface area contributed by atoms with Crippen LogP contribution in [0.1, 0.15) is 15.4 Å². The standard InChI is InChI=1S/C14H15F3N4OS.HI/c1-9-19-7-12(23-9)8-21-13(18)20-6-10-2-4-11(5-3-10)22-14(15,16)17;/h2-5,7H,6,8H2,1H3,(H3,18,20,21);1H. The number of nitrogens with two attached hydrogens (primary N) is 1. The minimum absolute atomic E-state index is 0. The summed E-state index contributed by atoms with van der Waals surface area (Å²) < 4.78 is 39.9. The van der Waals surface area contributed by atoms with Gasteiger partial charge in [-0.05, 0) is 24.6 Å². The fraction of sp³-hybridized carbons (Fsp3) is 0.286. The summed E-state index contributed by atoms with van der Waals surface area (Å²) >= 11 is 1.56. The first-order chi connectivity index (χ1) is 10.8. The van der Waals surface area contributed by atoms with Crippen molar-refractivity contribution < 1.29 is 17.9 Å². The Morgan fingerprint density at radius 1 is 1.33 bits per heavy atom. The van der Waals surface area contributed by atoms with Crippen molar-refractivity contribution in [2.45, 2.75) is 26.4 Å². The summed E-state index contributed by atoms with van der Waals surface area (Å²) in [6.45, 7) is 2.70. The van der Waals surface area contributed by atoms with E-state index in [9.17, 15) is 13.2 Å². The maximum atomic E-state index is 12.0. The number of ether oxygens (including phenoxy) is 1. The fourth-order valence-corrected chi connectivity index (χ4v) is 2.43. The lowest BCUT2D eigenvalue weighted by Gasteiger charge is -2.09. The first-order valence-electron chi connectivity index (χ1n) is 6.61. The van der Waals surface area contributed by atoms with Crippen LogP contribution in [0.3, 0.4) is 0 Å². The van der Waals surface area contributed by atoms with Gasteiger partial charge in [-0.3, -0.25) is 0 Å². The molecule has 0 aliphatic carbocycles. The van der Waals surface area contributed by atoms with Crippen molar-refractivity contribution in [3.63, 3.8) is 0 Å². The molecule has 1 heterocycles. The highest BCUT2D eigenvalue weighted by atomic mass is 127. The smallest absolute Gasteiger partial charge is 0.406 e. The number of nitrogens with zero attached hydrogens (tertiary/aromatic N) is 2. The molecule has 0 spiro atoms. The van der Waals surface area contributed by atoms with Gasteiger partial charge in [-0.1, -0.05) is 12.1 Å². The molecular formula is C14H16F3IN4OS. The third kappa shape index (κ3) is 7.34. The summed E-state index contributed by atoms with van der Waals surface area (Å²) in [5, 5.41) is 3.92. The number of hydrogen-bond acceptors (Lipinski definition) is 4. The van der Waals surface area contributed by atoms with Crippen LogP contribution in [-0.2, 0) is 13.1 Å². The minimum atomic E-state index is -4.69. The Hall–Kier alpha value is -1.56. The van der Waals surface area contributed by atoms with Crippen molar-refractivity contribution in [2.75, 3.05) is 0 Å². The molecule has 0 amide bonds. The third-order valence-electron chi connectivity index (χ3n) is 2.70. The second kappa shape index (κ2) is 9.06. The molecule has 132 valence electrons. The summed E-state index contributed by atoms with van der Waals surface area (Å²) in [4.78, 5) is 9.29. The number of benzene rings is 1. The summed E-state index contributed by atoms with van der Waals surface area (Å²) in [6.07, 6.45) is -2.93. The topological polar surface area (TPSA) is 72.5 Å². The average molecular weight is 472 g/mol. The molecule has 0 radical (unpaired) electrons. The first-order valence-corrected chi connectivity index (χ1v) is 7.43. The van der Waals surface area contributed by atoms with E-state index in [-0.39, 0.29) is 42.2 Å². The highest BCUT2D eigenvalue weighted by Gasteiger charge is 2.30. The molecule has 0 saturated heterocycles. The van der Waals surface area contributed by atoms with Crippen LogP contribution < -0.4 is 15.8 Å². The van der Waals surface area contributed by atoms with Gasteiger partial charge in [0, 0.05) is 11.1 Å². The molecule has 0 unspecified atom stereocenters. The zero-order valence-electron chi connectivity index (χ0n) is 12.6.